The Morgan fingerprint density at radius 1 is 0.739 bits per heavy atom. The SMILES string of the molecule is COc1ccc(CN(C(=O)CN(c2cc(OC)ccc2OC)S(=O)(=O)c2ccc(OC)c(OC)c2)[C@@H](C)C(=O)NCC(C)C)cc1. The van der Waals surface area contributed by atoms with E-state index >= 15 is 0 Å². The molecule has 250 valence electrons. The van der Waals surface area contributed by atoms with Gasteiger partial charge in [0.05, 0.1) is 46.1 Å². The Balaban J connectivity index is 2.15. The van der Waals surface area contributed by atoms with Crippen LogP contribution in [0.4, 0.5) is 5.69 Å². The molecule has 12 nitrogen and oxygen atoms in total. The number of nitrogens with zero attached hydrogens (tertiary/aromatic N) is 2. The van der Waals surface area contributed by atoms with Gasteiger partial charge in [-0.25, -0.2) is 8.42 Å². The fraction of sp³-hybridized carbons (Fsp3) is 0.394. The second kappa shape index (κ2) is 16.1. The summed E-state index contributed by atoms with van der Waals surface area (Å²) in [4.78, 5) is 28.7. The zero-order valence-electron chi connectivity index (χ0n) is 27.5. The lowest BCUT2D eigenvalue weighted by atomic mass is 10.1. The third-order valence-electron chi connectivity index (χ3n) is 7.24. The molecule has 13 heteroatoms. The molecular weight excluding hydrogens is 614 g/mol. The Hall–Kier alpha value is -4.65. The van der Waals surface area contributed by atoms with Crippen LogP contribution in [0.3, 0.4) is 0 Å². The highest BCUT2D eigenvalue weighted by Crippen LogP contribution is 2.37. The number of nitrogens with one attached hydrogen (secondary N) is 1. The minimum absolute atomic E-state index is 0.0264. The Labute approximate surface area is 271 Å². The molecule has 0 aromatic heterocycles. The lowest BCUT2D eigenvalue weighted by Crippen LogP contribution is -2.51. The number of ether oxygens (including phenoxy) is 5. The topological polar surface area (TPSA) is 133 Å². The number of rotatable bonds is 16. The predicted octanol–water partition coefficient (Wildman–Crippen LogP) is 4.11. The molecule has 0 saturated carbocycles. The quantitative estimate of drug-likeness (QED) is 0.242. The summed E-state index contributed by atoms with van der Waals surface area (Å²) in [5.41, 5.74) is 0.775. The Kier molecular flexibility index (Phi) is 12.5. The first-order valence-electron chi connectivity index (χ1n) is 14.6. The lowest BCUT2D eigenvalue weighted by Gasteiger charge is -2.32. The van der Waals surface area contributed by atoms with Gasteiger partial charge in [0.25, 0.3) is 10.0 Å². The third kappa shape index (κ3) is 8.53. The smallest absolute Gasteiger partial charge is 0.265 e. The maximum Gasteiger partial charge on any atom is 0.265 e. The summed E-state index contributed by atoms with van der Waals surface area (Å²) >= 11 is 0. The molecule has 0 bridgehead atoms. The minimum atomic E-state index is -4.45. The van der Waals surface area contributed by atoms with Crippen molar-refractivity contribution in [2.75, 3.05) is 52.9 Å². The van der Waals surface area contributed by atoms with Gasteiger partial charge in [-0.2, -0.15) is 0 Å². The highest BCUT2D eigenvalue weighted by Gasteiger charge is 2.34. The molecular formula is C33H43N3O9S. The van der Waals surface area contributed by atoms with Crippen LogP contribution in [0.1, 0.15) is 26.3 Å². The number of anilines is 1. The molecule has 3 aromatic carbocycles. The van der Waals surface area contributed by atoms with E-state index in [1.165, 1.54) is 57.6 Å². The van der Waals surface area contributed by atoms with Gasteiger partial charge in [0, 0.05) is 25.2 Å². The van der Waals surface area contributed by atoms with Crippen LogP contribution in [0.15, 0.2) is 65.6 Å². The molecule has 0 heterocycles. The van der Waals surface area contributed by atoms with Crippen LogP contribution >= 0.6 is 0 Å². The van der Waals surface area contributed by atoms with Crippen molar-refractivity contribution >= 4 is 27.5 Å². The molecule has 3 aromatic rings. The van der Waals surface area contributed by atoms with Crippen molar-refractivity contribution in [2.24, 2.45) is 5.92 Å². The van der Waals surface area contributed by atoms with Crippen molar-refractivity contribution in [3.63, 3.8) is 0 Å². The average molecular weight is 658 g/mol. The van der Waals surface area contributed by atoms with E-state index in [0.717, 1.165) is 4.31 Å². The molecule has 3 rings (SSSR count). The highest BCUT2D eigenvalue weighted by atomic mass is 32.2. The van der Waals surface area contributed by atoms with Gasteiger partial charge in [0.1, 0.15) is 29.8 Å². The molecule has 46 heavy (non-hydrogen) atoms. The predicted molar refractivity (Wildman–Crippen MR) is 174 cm³/mol. The molecule has 1 atom stereocenters. The van der Waals surface area contributed by atoms with Gasteiger partial charge in [-0.3, -0.25) is 13.9 Å². The summed E-state index contributed by atoms with van der Waals surface area (Å²) in [6.07, 6.45) is 0. The van der Waals surface area contributed by atoms with Gasteiger partial charge >= 0.3 is 0 Å². The summed E-state index contributed by atoms with van der Waals surface area (Å²) < 4.78 is 56.6. The zero-order valence-corrected chi connectivity index (χ0v) is 28.3. The zero-order chi connectivity index (χ0) is 34.0. The Morgan fingerprint density at radius 3 is 1.89 bits per heavy atom. The van der Waals surface area contributed by atoms with Crippen molar-refractivity contribution < 1.29 is 41.7 Å². The van der Waals surface area contributed by atoms with Crippen LogP contribution in [0.2, 0.25) is 0 Å². The van der Waals surface area contributed by atoms with E-state index in [4.69, 9.17) is 23.7 Å². The van der Waals surface area contributed by atoms with Gasteiger partial charge in [-0.15, -0.1) is 0 Å². The summed E-state index contributed by atoms with van der Waals surface area (Å²) in [5.74, 6) is 0.847. The van der Waals surface area contributed by atoms with E-state index < -0.39 is 28.5 Å². The highest BCUT2D eigenvalue weighted by molar-refractivity contribution is 7.92. The number of methoxy groups -OCH3 is 5. The molecule has 2 amide bonds. The number of hydrogen-bond donors (Lipinski definition) is 1. The summed E-state index contributed by atoms with van der Waals surface area (Å²) in [6.45, 7) is 5.30. The molecule has 1 N–H and O–H groups in total. The van der Waals surface area contributed by atoms with Crippen molar-refractivity contribution in [3.05, 3.63) is 66.2 Å². The molecule has 0 saturated heterocycles. The van der Waals surface area contributed by atoms with Crippen LogP contribution in [-0.4, -0.2) is 79.8 Å². The first kappa shape index (κ1) is 35.8. The van der Waals surface area contributed by atoms with Gasteiger partial charge < -0.3 is 33.9 Å². The summed E-state index contributed by atoms with van der Waals surface area (Å²) in [5, 5.41) is 2.87. The normalized spacial score (nSPS) is 11.8. The minimum Gasteiger partial charge on any atom is -0.497 e. The fourth-order valence-electron chi connectivity index (χ4n) is 4.57. The second-order valence-electron chi connectivity index (χ2n) is 10.8. The lowest BCUT2D eigenvalue weighted by molar-refractivity contribution is -0.139. The molecule has 0 spiro atoms. The molecule has 0 aliphatic rings. The molecule has 0 fully saturated rings. The van der Waals surface area contributed by atoms with Crippen LogP contribution in [0.25, 0.3) is 0 Å². The van der Waals surface area contributed by atoms with E-state index in [0.29, 0.717) is 29.4 Å². The number of sulfonamides is 1. The molecule has 0 aliphatic carbocycles. The number of carbonyl (C=O) groups is 2. The maximum atomic E-state index is 14.4. The standard InChI is InChI=1S/C33H43N3O9S/c1-22(2)19-34-33(38)23(3)35(20-24-9-11-25(41-4)12-10-24)32(37)21-36(28-17-26(42-5)13-15-29(28)43-6)46(39,40)27-14-16-30(44-7)31(18-27)45-8/h9-18,22-23H,19-21H2,1-8H3,(H,34,38)/t23-/m0/s1. The van der Waals surface area contributed by atoms with Gasteiger partial charge in [-0.1, -0.05) is 26.0 Å². The molecule has 0 radical (unpaired) electrons. The number of benzene rings is 3. The van der Waals surface area contributed by atoms with E-state index in [1.807, 2.05) is 13.8 Å². The third-order valence-corrected chi connectivity index (χ3v) is 9.00. The summed E-state index contributed by atoms with van der Waals surface area (Å²) in [7, 11) is 2.77. The molecule has 0 aliphatic heterocycles. The van der Waals surface area contributed by atoms with Crippen molar-refractivity contribution in [1.82, 2.24) is 10.2 Å². The molecule has 0 unspecified atom stereocenters. The largest absolute Gasteiger partial charge is 0.497 e. The van der Waals surface area contributed by atoms with Gasteiger partial charge in [0.2, 0.25) is 11.8 Å². The summed E-state index contributed by atoms with van der Waals surface area (Å²) in [6, 6.07) is 14.9. The average Bonchev–Trinajstić information content (AvgIpc) is 3.07. The van der Waals surface area contributed by atoms with Crippen LogP contribution in [-0.2, 0) is 26.2 Å². The van der Waals surface area contributed by atoms with Gasteiger partial charge in [0.15, 0.2) is 11.5 Å². The monoisotopic (exact) mass is 657 g/mol. The van der Waals surface area contributed by atoms with Crippen molar-refractivity contribution in [2.45, 2.75) is 38.3 Å². The van der Waals surface area contributed by atoms with Crippen LogP contribution < -0.4 is 33.3 Å². The number of carbonyl (C=O) groups excluding carboxylic acids is 2. The second-order valence-corrected chi connectivity index (χ2v) is 12.6. The maximum absolute atomic E-state index is 14.4. The van der Waals surface area contributed by atoms with E-state index in [9.17, 15) is 18.0 Å². The number of amides is 2. The van der Waals surface area contributed by atoms with E-state index in [2.05, 4.69) is 5.32 Å². The Bertz CT molecular complexity index is 1590. The fourth-order valence-corrected chi connectivity index (χ4v) is 6.00. The van der Waals surface area contributed by atoms with Gasteiger partial charge in [-0.05, 0) is 54.8 Å². The van der Waals surface area contributed by atoms with Crippen LogP contribution in [0.5, 0.6) is 28.7 Å². The van der Waals surface area contributed by atoms with Crippen molar-refractivity contribution in [1.29, 1.82) is 0 Å². The van der Waals surface area contributed by atoms with Crippen LogP contribution in [0, 0.1) is 5.92 Å². The van der Waals surface area contributed by atoms with E-state index in [1.54, 1.807) is 50.4 Å². The number of hydrogen-bond acceptors (Lipinski definition) is 9. The first-order valence-corrected chi connectivity index (χ1v) is 16.0. The van der Waals surface area contributed by atoms with Crippen molar-refractivity contribution in [3.8, 4) is 28.7 Å². The Morgan fingerprint density at radius 2 is 1.33 bits per heavy atom. The first-order chi connectivity index (χ1) is 21.9. The van der Waals surface area contributed by atoms with E-state index in [-0.39, 0.29) is 40.5 Å².